The van der Waals surface area contributed by atoms with E-state index in [1.165, 1.54) is 51.3 Å². The number of anilines is 2. The van der Waals surface area contributed by atoms with E-state index in [4.69, 9.17) is 19.9 Å². The Balaban J connectivity index is 1.55. The van der Waals surface area contributed by atoms with E-state index in [1.54, 1.807) is 79.7 Å². The maximum absolute atomic E-state index is 13.7. The van der Waals surface area contributed by atoms with E-state index < -0.39 is 23.0 Å². The van der Waals surface area contributed by atoms with Crippen molar-refractivity contribution in [1.82, 2.24) is 5.32 Å². The van der Waals surface area contributed by atoms with Gasteiger partial charge in [0.05, 0.1) is 26.6 Å². The van der Waals surface area contributed by atoms with Crippen LogP contribution in [0.15, 0.2) is 102 Å². The Labute approximate surface area is 276 Å². The highest BCUT2D eigenvalue weighted by atomic mass is 32.2. The Hall–Kier alpha value is -5.75. The average molecular weight is 655 g/mol. The van der Waals surface area contributed by atoms with Crippen molar-refractivity contribution in [2.24, 2.45) is 5.73 Å². The number of hydrogen-bond donors (Lipinski definition) is 4. The maximum Gasteiger partial charge on any atom is 0.272 e. The number of nitrogens with two attached hydrogens (primary N) is 1. The lowest BCUT2D eigenvalue weighted by molar-refractivity contribution is -0.115. The quantitative estimate of drug-likeness (QED) is 0.111. The zero-order valence-electron chi connectivity index (χ0n) is 26.2. The first-order chi connectivity index (χ1) is 22.6. The molecule has 4 aromatic rings. The van der Waals surface area contributed by atoms with Crippen molar-refractivity contribution in [3.63, 3.8) is 0 Å². The second-order valence-electron chi connectivity index (χ2n) is 10.0. The topological polar surface area (TPSA) is 158 Å². The van der Waals surface area contributed by atoms with Crippen LogP contribution in [0.1, 0.15) is 33.2 Å². The molecule has 0 aliphatic heterocycles. The predicted octanol–water partition coefficient (Wildman–Crippen LogP) is 5.34. The van der Waals surface area contributed by atoms with Gasteiger partial charge in [-0.15, -0.1) is 11.8 Å². The van der Waals surface area contributed by atoms with Gasteiger partial charge in [0.2, 0.25) is 11.8 Å². The summed E-state index contributed by atoms with van der Waals surface area (Å²) in [6.07, 6.45) is 1.48. The summed E-state index contributed by atoms with van der Waals surface area (Å²) < 4.78 is 16.3. The Kier molecular flexibility index (Phi) is 11.6. The van der Waals surface area contributed by atoms with E-state index in [2.05, 4.69) is 16.0 Å². The van der Waals surface area contributed by atoms with Gasteiger partial charge in [-0.2, -0.15) is 0 Å². The molecule has 0 aliphatic carbocycles. The molecule has 0 aliphatic rings. The van der Waals surface area contributed by atoms with E-state index in [-0.39, 0.29) is 11.6 Å². The number of hydrogen-bond acceptors (Lipinski definition) is 8. The highest BCUT2D eigenvalue weighted by molar-refractivity contribution is 8.00. The second-order valence-corrected chi connectivity index (χ2v) is 11.4. The van der Waals surface area contributed by atoms with Gasteiger partial charge in [0.25, 0.3) is 11.8 Å². The van der Waals surface area contributed by atoms with Gasteiger partial charge in [-0.05, 0) is 73.7 Å². The third kappa shape index (κ3) is 9.14. The number of benzene rings is 4. The summed E-state index contributed by atoms with van der Waals surface area (Å²) >= 11 is 1.29. The molecule has 5 N–H and O–H groups in total. The Bertz CT molecular complexity index is 1790. The molecule has 4 rings (SSSR count). The molecular formula is C35H34N4O7S. The summed E-state index contributed by atoms with van der Waals surface area (Å²) in [4.78, 5) is 51.7. The lowest BCUT2D eigenvalue weighted by Gasteiger charge is -2.15. The molecule has 0 saturated heterocycles. The fourth-order valence-corrected chi connectivity index (χ4v) is 5.25. The van der Waals surface area contributed by atoms with Gasteiger partial charge in [-0.3, -0.25) is 19.2 Å². The van der Waals surface area contributed by atoms with Crippen molar-refractivity contribution < 1.29 is 33.4 Å². The molecule has 4 aromatic carbocycles. The minimum Gasteiger partial charge on any atom is -0.496 e. The number of ether oxygens (including phenoxy) is 3. The number of carbonyl (C=O) groups is 4. The van der Waals surface area contributed by atoms with Gasteiger partial charge >= 0.3 is 0 Å². The number of amides is 4. The molecule has 47 heavy (non-hydrogen) atoms. The number of carbonyl (C=O) groups excluding carboxylic acids is 4. The van der Waals surface area contributed by atoms with E-state index >= 15 is 0 Å². The summed E-state index contributed by atoms with van der Waals surface area (Å²) in [6.45, 7) is 1.75. The van der Waals surface area contributed by atoms with Gasteiger partial charge in [0.1, 0.15) is 11.4 Å². The average Bonchev–Trinajstić information content (AvgIpc) is 3.08. The summed E-state index contributed by atoms with van der Waals surface area (Å²) in [5, 5.41) is 7.86. The van der Waals surface area contributed by atoms with Crippen LogP contribution in [0.4, 0.5) is 11.4 Å². The lowest BCUT2D eigenvalue weighted by Crippen LogP contribution is -2.30. The molecule has 4 amide bonds. The van der Waals surface area contributed by atoms with Gasteiger partial charge < -0.3 is 35.9 Å². The first kappa shape index (κ1) is 34.1. The second kappa shape index (κ2) is 16.0. The molecule has 0 spiro atoms. The molecule has 1 atom stereocenters. The highest BCUT2D eigenvalue weighted by Gasteiger charge is 2.19. The van der Waals surface area contributed by atoms with Gasteiger partial charge in [-0.1, -0.05) is 24.3 Å². The first-order valence-electron chi connectivity index (χ1n) is 14.3. The predicted molar refractivity (Wildman–Crippen MR) is 182 cm³/mol. The Morgan fingerprint density at radius 3 is 2.02 bits per heavy atom. The molecule has 1 unspecified atom stereocenters. The molecule has 0 radical (unpaired) electrons. The van der Waals surface area contributed by atoms with E-state index in [1.807, 2.05) is 6.07 Å². The van der Waals surface area contributed by atoms with Gasteiger partial charge in [0.15, 0.2) is 11.5 Å². The third-order valence-corrected chi connectivity index (χ3v) is 7.87. The molecule has 0 saturated carbocycles. The monoisotopic (exact) mass is 654 g/mol. The fraction of sp³-hybridized carbons (Fsp3) is 0.143. The van der Waals surface area contributed by atoms with Crippen molar-refractivity contribution in [1.29, 1.82) is 0 Å². The molecule has 242 valence electrons. The summed E-state index contributed by atoms with van der Waals surface area (Å²) in [7, 11) is 4.46. The number of methoxy groups -OCH3 is 3. The van der Waals surface area contributed by atoms with Crippen LogP contribution in [-0.4, -0.2) is 50.2 Å². The van der Waals surface area contributed by atoms with E-state index in [0.717, 1.165) is 4.90 Å². The minimum atomic E-state index is -0.599. The molecular weight excluding hydrogens is 620 g/mol. The van der Waals surface area contributed by atoms with Crippen LogP contribution in [0.25, 0.3) is 6.08 Å². The minimum absolute atomic E-state index is 0.0578. The van der Waals surface area contributed by atoms with Crippen LogP contribution in [0.3, 0.4) is 0 Å². The Morgan fingerprint density at radius 1 is 0.723 bits per heavy atom. The molecule has 0 heterocycles. The van der Waals surface area contributed by atoms with Crippen LogP contribution < -0.4 is 35.9 Å². The summed E-state index contributed by atoms with van der Waals surface area (Å²) in [5.41, 5.74) is 7.34. The van der Waals surface area contributed by atoms with E-state index in [0.29, 0.717) is 45.3 Å². The third-order valence-electron chi connectivity index (χ3n) is 6.78. The van der Waals surface area contributed by atoms with Crippen molar-refractivity contribution in [3.05, 3.63) is 113 Å². The summed E-state index contributed by atoms with van der Waals surface area (Å²) in [5.74, 6) is -0.678. The normalized spacial score (nSPS) is 11.5. The van der Waals surface area contributed by atoms with Crippen molar-refractivity contribution in [3.8, 4) is 17.2 Å². The van der Waals surface area contributed by atoms with Crippen molar-refractivity contribution in [2.75, 3.05) is 32.0 Å². The van der Waals surface area contributed by atoms with Crippen molar-refractivity contribution >= 4 is 52.8 Å². The molecule has 12 heteroatoms. The van der Waals surface area contributed by atoms with E-state index in [9.17, 15) is 19.2 Å². The zero-order chi connectivity index (χ0) is 33.9. The van der Waals surface area contributed by atoms with Crippen molar-refractivity contribution in [2.45, 2.75) is 17.1 Å². The number of primary amides is 1. The summed E-state index contributed by atoms with van der Waals surface area (Å²) in [6, 6.07) is 25.0. The molecule has 0 fully saturated rings. The number of thioether (sulfide) groups is 1. The Morgan fingerprint density at radius 2 is 1.38 bits per heavy atom. The standard InChI is InChI=1S/C35H34N4O7S/c1-21(33(41)37-25-15-13-22(14-16-25)32(36)40)47-27-12-8-11-26(19-27)38-35(43)28(39-34(42)23-9-6-5-7-10-23)17-24-18-30(45-3)31(46-4)20-29(24)44-2/h5-21H,1-4H3,(H2,36,40)(H,37,41)(H,38,43)(H,39,42)/b28-17+. The zero-order valence-corrected chi connectivity index (χ0v) is 27.0. The highest BCUT2D eigenvalue weighted by Crippen LogP contribution is 2.36. The number of rotatable bonds is 13. The number of nitrogens with one attached hydrogen (secondary N) is 3. The SMILES string of the molecule is COc1cc(OC)c(OC)cc1/C=C(/NC(=O)c1ccccc1)C(=O)Nc1cccc(SC(C)C(=O)Nc2ccc(C(N)=O)cc2)c1. The lowest BCUT2D eigenvalue weighted by atomic mass is 10.1. The fourth-order valence-electron chi connectivity index (χ4n) is 4.33. The van der Waals surface area contributed by atoms with Crippen LogP contribution in [-0.2, 0) is 9.59 Å². The largest absolute Gasteiger partial charge is 0.496 e. The van der Waals surface area contributed by atoms with Crippen LogP contribution in [0.2, 0.25) is 0 Å². The van der Waals surface area contributed by atoms with Gasteiger partial charge in [0, 0.05) is 39.0 Å². The van der Waals surface area contributed by atoms with Gasteiger partial charge in [-0.25, -0.2) is 0 Å². The maximum atomic E-state index is 13.7. The van der Waals surface area contributed by atoms with Crippen LogP contribution in [0, 0.1) is 0 Å². The smallest absolute Gasteiger partial charge is 0.272 e. The first-order valence-corrected chi connectivity index (χ1v) is 15.2. The van der Waals surface area contributed by atoms with Crippen LogP contribution in [0.5, 0.6) is 17.2 Å². The van der Waals surface area contributed by atoms with Crippen LogP contribution >= 0.6 is 11.8 Å². The molecule has 0 bridgehead atoms. The molecule has 11 nitrogen and oxygen atoms in total. The molecule has 0 aromatic heterocycles.